The number of carbonyl (C=O) groups excluding carboxylic acids is 3. The minimum absolute atomic E-state index is 0.00208. The number of aliphatic hydroxyl groups excluding tert-OH is 1. The number of benzene rings is 3. The summed E-state index contributed by atoms with van der Waals surface area (Å²) in [4.78, 5) is 55.9. The molecule has 9 rings (SSSR count). The highest BCUT2D eigenvalue weighted by molar-refractivity contribution is 7.90. The second-order valence-corrected chi connectivity index (χ2v) is 20.6. The first-order chi connectivity index (χ1) is 34.5. The van der Waals surface area contributed by atoms with Gasteiger partial charge in [0, 0.05) is 61.0 Å². The van der Waals surface area contributed by atoms with Crippen molar-refractivity contribution in [2.75, 3.05) is 31.0 Å². The number of aryl methyl sites for hydroxylation is 2. The lowest BCUT2D eigenvalue weighted by Gasteiger charge is -2.28. The van der Waals surface area contributed by atoms with Gasteiger partial charge in [0.05, 0.1) is 57.7 Å². The molecule has 2 fully saturated rings. The van der Waals surface area contributed by atoms with Crippen LogP contribution in [0.25, 0.3) is 32.6 Å². The number of aromatic nitrogens is 4. The first kappa shape index (κ1) is 50.0. The second-order valence-electron chi connectivity index (χ2n) is 18.1. The van der Waals surface area contributed by atoms with Crippen molar-refractivity contribution in [1.29, 1.82) is 0 Å². The van der Waals surface area contributed by atoms with Crippen LogP contribution in [0.1, 0.15) is 89.6 Å². The number of ether oxygens (including phenoxy) is 1. The molecule has 0 spiro atoms. The Morgan fingerprint density at radius 2 is 1.75 bits per heavy atom. The summed E-state index contributed by atoms with van der Waals surface area (Å²) < 4.78 is 84.8. The Labute approximate surface area is 416 Å². The predicted octanol–water partition coefficient (Wildman–Crippen LogP) is 8.34. The van der Waals surface area contributed by atoms with Crippen LogP contribution in [-0.4, -0.2) is 105 Å². The average Bonchev–Trinajstić information content (AvgIpc) is 4.23. The molecular formula is C51H51F3N8O8S2. The molecule has 0 bridgehead atoms. The highest BCUT2D eigenvalue weighted by Crippen LogP contribution is 2.34. The van der Waals surface area contributed by atoms with E-state index in [1.807, 2.05) is 42.8 Å². The largest absolute Gasteiger partial charge is 0.494 e. The molecule has 2 amide bonds. The van der Waals surface area contributed by atoms with Crippen molar-refractivity contribution in [1.82, 2.24) is 34.6 Å². The number of thiazole rings is 1. The summed E-state index contributed by atoms with van der Waals surface area (Å²) in [6.07, 6.45) is 2.13. The number of carbonyl (C=O) groups is 3. The molecule has 7 aromatic rings. The van der Waals surface area contributed by atoms with E-state index >= 15 is 8.78 Å². The van der Waals surface area contributed by atoms with Crippen LogP contribution in [0, 0.1) is 25.5 Å². The van der Waals surface area contributed by atoms with Gasteiger partial charge in [-0.15, -0.1) is 11.3 Å². The van der Waals surface area contributed by atoms with Crippen LogP contribution in [0.2, 0.25) is 0 Å². The number of aromatic amines is 1. The van der Waals surface area contributed by atoms with Crippen molar-refractivity contribution >= 4 is 55.9 Å². The number of amides is 2. The number of unbranched alkanes of at least 4 members (excludes halogenated alkanes) is 1. The van der Waals surface area contributed by atoms with Gasteiger partial charge in [0.25, 0.3) is 0 Å². The third kappa shape index (κ3) is 10.6. The molecule has 0 aliphatic carbocycles. The summed E-state index contributed by atoms with van der Waals surface area (Å²) in [5.41, 5.74) is 5.08. The minimum Gasteiger partial charge on any atom is -0.494 e. The highest BCUT2D eigenvalue weighted by atomic mass is 32.2. The number of ketones is 1. The third-order valence-corrected chi connectivity index (χ3v) is 15.5. The highest BCUT2D eigenvalue weighted by Gasteiger charge is 2.43. The third-order valence-electron chi connectivity index (χ3n) is 13.0. The van der Waals surface area contributed by atoms with Gasteiger partial charge in [0.15, 0.2) is 5.82 Å². The molecule has 21 heteroatoms. The zero-order valence-electron chi connectivity index (χ0n) is 39.4. The molecule has 0 unspecified atom stereocenters. The summed E-state index contributed by atoms with van der Waals surface area (Å²) in [5, 5.41) is 18.1. The molecule has 4 N–H and O–H groups in total. The fraction of sp³-hybridized carbons (Fsp3) is 0.333. The van der Waals surface area contributed by atoms with Gasteiger partial charge in [-0.2, -0.15) is 12.7 Å². The fourth-order valence-corrected chi connectivity index (χ4v) is 11.2. The standard InChI is InChI=1S/C51H51F3N8O8S2/c1-28-20-44(70-59-28)38(51(66)62-26-36(63)22-43(62)50(65)58-29(2)31-7-9-33(10-8-31)48-30(3)57-27-71-48)6-4-5-19-69-37-13-11-32(12-14-37)34-21-39-40(24-56-49(39)55-23-34)47(64)45-41(53)15-16-42(46(45)54)60-72(67,68)61-18-17-35(52)25-61/h7-16,20-21,23-24,27,29,35-36,38,43,60,63H,4-6,17-19,22,25-26H2,1-3H3,(H,55,56)(H,58,65)/t29-,35+,36+,38-,43-/m0/s1. The zero-order valence-corrected chi connectivity index (χ0v) is 41.0. The van der Waals surface area contributed by atoms with Crippen LogP contribution in [-0.2, 0) is 19.8 Å². The van der Waals surface area contributed by atoms with Crippen LogP contribution < -0.4 is 14.8 Å². The maximum Gasteiger partial charge on any atom is 0.301 e. The first-order valence-electron chi connectivity index (χ1n) is 23.4. The van der Waals surface area contributed by atoms with E-state index in [4.69, 9.17) is 9.26 Å². The molecule has 2 saturated heterocycles. The lowest BCUT2D eigenvalue weighted by atomic mass is 9.96. The number of H-pyrrole nitrogens is 1. The van der Waals surface area contributed by atoms with Crippen LogP contribution in [0.15, 0.2) is 95.2 Å². The lowest BCUT2D eigenvalue weighted by Crippen LogP contribution is -2.48. The van der Waals surface area contributed by atoms with Crippen LogP contribution >= 0.6 is 11.3 Å². The Hall–Kier alpha value is -6.94. The Balaban J connectivity index is 0.810. The monoisotopic (exact) mass is 1020 g/mol. The number of likely N-dealkylation sites (tertiary alicyclic amines) is 1. The number of hydrogen-bond donors (Lipinski definition) is 4. The van der Waals surface area contributed by atoms with Crippen LogP contribution in [0.3, 0.4) is 0 Å². The maximum absolute atomic E-state index is 15.8. The summed E-state index contributed by atoms with van der Waals surface area (Å²) in [7, 11) is -4.39. The quantitative estimate of drug-likeness (QED) is 0.0474. The summed E-state index contributed by atoms with van der Waals surface area (Å²) in [6.45, 7) is 5.37. The summed E-state index contributed by atoms with van der Waals surface area (Å²) in [5.74, 6) is -4.22. The Bertz CT molecular complexity index is 3240. The van der Waals surface area contributed by atoms with Gasteiger partial charge in [-0.05, 0) is 93.5 Å². The Morgan fingerprint density at radius 1 is 0.986 bits per heavy atom. The van der Waals surface area contributed by atoms with Crippen molar-refractivity contribution in [3.8, 4) is 27.3 Å². The number of pyridine rings is 1. The van der Waals surface area contributed by atoms with Crippen LogP contribution in [0.5, 0.6) is 5.75 Å². The number of rotatable bonds is 18. The Kier molecular flexibility index (Phi) is 14.6. The molecule has 5 atom stereocenters. The molecule has 16 nitrogen and oxygen atoms in total. The normalized spacial score (nSPS) is 18.1. The number of alkyl halides is 1. The summed E-state index contributed by atoms with van der Waals surface area (Å²) >= 11 is 1.56. The number of β-amino-alcohol motifs (C(OH)–C–C–N with tert-alkyl or cyclic N) is 1. The average molecular weight is 1030 g/mol. The van der Waals surface area contributed by atoms with Gasteiger partial charge in [-0.25, -0.2) is 23.1 Å². The van der Waals surface area contributed by atoms with E-state index in [1.165, 1.54) is 11.1 Å². The molecular weight excluding hydrogens is 974 g/mol. The topological polar surface area (TPSA) is 213 Å². The smallest absolute Gasteiger partial charge is 0.301 e. The minimum atomic E-state index is -4.39. The van der Waals surface area contributed by atoms with Gasteiger partial charge in [-0.3, -0.25) is 19.1 Å². The number of hydrogen-bond acceptors (Lipinski definition) is 12. The van der Waals surface area contributed by atoms with Crippen molar-refractivity contribution in [3.63, 3.8) is 0 Å². The van der Waals surface area contributed by atoms with Crippen LogP contribution in [0.4, 0.5) is 18.9 Å². The first-order valence-corrected chi connectivity index (χ1v) is 25.7. The molecule has 376 valence electrons. The SMILES string of the molecule is Cc1cc([C@H](CCCCOc2ccc(-c3cnc4[nH]cc(C(=O)c5c(F)ccc(NS(=O)(=O)N6CC[C@@H](F)C6)c5F)c4c3)cc2)C(=O)N2C[C@H](O)C[C@H]2C(=O)N[C@@H](C)c2ccc(-c3scnc3C)cc2)on1. The molecule has 0 radical (unpaired) electrons. The number of nitrogens with zero attached hydrogens (tertiary/aromatic N) is 5. The zero-order chi connectivity index (χ0) is 50.8. The van der Waals surface area contributed by atoms with Gasteiger partial charge in [0.1, 0.15) is 35.2 Å². The van der Waals surface area contributed by atoms with Gasteiger partial charge >= 0.3 is 10.2 Å². The van der Waals surface area contributed by atoms with Gasteiger partial charge in [-0.1, -0.05) is 41.6 Å². The van der Waals surface area contributed by atoms with E-state index < -0.39 is 69.7 Å². The van der Waals surface area contributed by atoms with Gasteiger partial charge in [0.2, 0.25) is 17.6 Å². The van der Waals surface area contributed by atoms with E-state index in [0.717, 1.165) is 38.1 Å². The van der Waals surface area contributed by atoms with E-state index in [9.17, 15) is 32.3 Å². The fourth-order valence-electron chi connectivity index (χ4n) is 9.15. The van der Waals surface area contributed by atoms with Crippen molar-refractivity contribution in [3.05, 3.63) is 136 Å². The van der Waals surface area contributed by atoms with E-state index in [1.54, 1.807) is 66.4 Å². The molecule has 0 saturated carbocycles. The molecule has 2 aliphatic heterocycles. The molecule has 3 aromatic carbocycles. The molecule has 72 heavy (non-hydrogen) atoms. The van der Waals surface area contributed by atoms with Crippen molar-refractivity contribution < 1.29 is 50.3 Å². The van der Waals surface area contributed by atoms with Gasteiger partial charge < -0.3 is 29.6 Å². The predicted molar refractivity (Wildman–Crippen MR) is 263 cm³/mol. The van der Waals surface area contributed by atoms with E-state index in [-0.39, 0.29) is 60.4 Å². The lowest BCUT2D eigenvalue weighted by molar-refractivity contribution is -0.140. The number of aliphatic hydroxyl groups is 1. The molecule has 2 aliphatic rings. The Morgan fingerprint density at radius 3 is 2.44 bits per heavy atom. The number of halogens is 3. The molecule has 4 aromatic heterocycles. The number of fused-ring (bicyclic) bond motifs is 1. The van der Waals surface area contributed by atoms with Crippen molar-refractivity contribution in [2.24, 2.45) is 0 Å². The van der Waals surface area contributed by atoms with E-state index in [2.05, 4.69) is 25.4 Å². The second kappa shape index (κ2) is 21.0. The van der Waals surface area contributed by atoms with E-state index in [0.29, 0.717) is 54.2 Å². The summed E-state index contributed by atoms with van der Waals surface area (Å²) in [6, 6.07) is 18.7. The number of anilines is 1. The van der Waals surface area contributed by atoms with Crippen molar-refractivity contribution in [2.45, 2.75) is 83.2 Å². The molecule has 6 heterocycles. The maximum atomic E-state index is 15.8. The number of nitrogens with one attached hydrogen (secondary N) is 3.